The molecule has 0 unspecified atom stereocenters. The van der Waals surface area contributed by atoms with Crippen molar-refractivity contribution in [2.45, 2.75) is 6.92 Å². The summed E-state index contributed by atoms with van der Waals surface area (Å²) in [5.41, 5.74) is 3.63. The number of aromatic nitrogens is 1. The van der Waals surface area contributed by atoms with Crippen LogP contribution in [0.3, 0.4) is 0 Å². The highest BCUT2D eigenvalue weighted by atomic mass is 35.5. The van der Waals surface area contributed by atoms with Gasteiger partial charge in [-0.2, -0.15) is 5.10 Å². The van der Waals surface area contributed by atoms with E-state index in [0.717, 1.165) is 5.56 Å². The van der Waals surface area contributed by atoms with Crippen LogP contribution in [-0.4, -0.2) is 23.7 Å². The predicted molar refractivity (Wildman–Crippen MR) is 81.9 cm³/mol. The summed E-state index contributed by atoms with van der Waals surface area (Å²) in [4.78, 5) is 15.6. The van der Waals surface area contributed by atoms with Gasteiger partial charge in [-0.05, 0) is 42.8 Å². The van der Waals surface area contributed by atoms with Crippen molar-refractivity contribution >= 4 is 23.7 Å². The molecule has 0 radical (unpaired) electrons. The molecule has 0 atom stereocenters. The highest BCUT2D eigenvalue weighted by molar-refractivity contribution is 6.32. The summed E-state index contributed by atoms with van der Waals surface area (Å²) in [5.74, 6) is 0.298. The number of hydrogen-bond acceptors (Lipinski definition) is 4. The smallest absolute Gasteiger partial charge is 0.272 e. The second-order valence-electron chi connectivity index (χ2n) is 4.06. The molecule has 0 fully saturated rings. The number of hydrogen-bond donors (Lipinski definition) is 1. The summed E-state index contributed by atoms with van der Waals surface area (Å²) in [7, 11) is 0. The van der Waals surface area contributed by atoms with Crippen LogP contribution in [0, 0.1) is 0 Å². The number of nitrogens with one attached hydrogen (secondary N) is 1. The zero-order chi connectivity index (χ0) is 15.1. The van der Waals surface area contributed by atoms with Crippen molar-refractivity contribution < 1.29 is 9.53 Å². The number of amides is 1. The molecule has 0 spiro atoms. The lowest BCUT2D eigenvalue weighted by Crippen LogP contribution is -2.17. The van der Waals surface area contributed by atoms with E-state index >= 15 is 0 Å². The minimum absolute atomic E-state index is 0.323. The number of ether oxygens (including phenoxy) is 1. The normalized spacial score (nSPS) is 10.6. The van der Waals surface area contributed by atoms with E-state index in [-0.39, 0.29) is 5.91 Å². The minimum atomic E-state index is -0.323. The van der Waals surface area contributed by atoms with Crippen LogP contribution in [0.2, 0.25) is 5.02 Å². The molecule has 5 nitrogen and oxygen atoms in total. The quantitative estimate of drug-likeness (QED) is 0.682. The Bertz CT molecular complexity index is 645. The number of pyridine rings is 1. The zero-order valence-corrected chi connectivity index (χ0v) is 12.2. The van der Waals surface area contributed by atoms with Gasteiger partial charge in [-0.25, -0.2) is 5.43 Å². The number of nitrogens with zero attached hydrogens (tertiary/aromatic N) is 2. The Hall–Kier alpha value is -2.40. The van der Waals surface area contributed by atoms with Crippen LogP contribution >= 0.6 is 11.6 Å². The molecule has 0 aliphatic carbocycles. The summed E-state index contributed by atoms with van der Waals surface area (Å²) in [6, 6.07) is 8.62. The maximum Gasteiger partial charge on any atom is 0.272 e. The van der Waals surface area contributed by atoms with E-state index in [9.17, 15) is 4.79 Å². The summed E-state index contributed by atoms with van der Waals surface area (Å²) in [6.07, 6.45) is 4.58. The lowest BCUT2D eigenvalue weighted by Gasteiger charge is -2.05. The molecule has 1 aromatic heterocycles. The SMILES string of the molecule is CCOc1ccc(/C=N\NC(=O)c2cccnc2)cc1Cl. The molecule has 1 heterocycles. The maximum absolute atomic E-state index is 11.7. The van der Waals surface area contributed by atoms with E-state index in [1.54, 1.807) is 36.5 Å². The Labute approximate surface area is 127 Å². The molecule has 0 bridgehead atoms. The summed E-state index contributed by atoms with van der Waals surface area (Å²) in [5, 5.41) is 4.38. The van der Waals surface area contributed by atoms with Crippen LogP contribution in [0.4, 0.5) is 0 Å². The second-order valence-corrected chi connectivity index (χ2v) is 4.47. The molecule has 1 N–H and O–H groups in total. The van der Waals surface area contributed by atoms with E-state index in [1.807, 2.05) is 6.92 Å². The lowest BCUT2D eigenvalue weighted by atomic mass is 10.2. The molecule has 108 valence electrons. The van der Waals surface area contributed by atoms with Crippen molar-refractivity contribution in [3.63, 3.8) is 0 Å². The topological polar surface area (TPSA) is 63.6 Å². The molecule has 0 aliphatic rings. The fraction of sp³-hybridized carbons (Fsp3) is 0.133. The first-order valence-corrected chi connectivity index (χ1v) is 6.74. The average molecular weight is 304 g/mol. The third-order valence-corrected chi connectivity index (χ3v) is 2.85. The molecule has 0 saturated heterocycles. The van der Waals surface area contributed by atoms with Crippen molar-refractivity contribution in [3.8, 4) is 5.75 Å². The Morgan fingerprint density at radius 1 is 1.48 bits per heavy atom. The highest BCUT2D eigenvalue weighted by Crippen LogP contribution is 2.24. The molecule has 6 heteroatoms. The molecule has 2 aromatic rings. The van der Waals surface area contributed by atoms with Gasteiger partial charge in [0.2, 0.25) is 0 Å². The van der Waals surface area contributed by atoms with Gasteiger partial charge in [0.1, 0.15) is 5.75 Å². The third kappa shape index (κ3) is 4.29. The van der Waals surface area contributed by atoms with Crippen LogP contribution in [-0.2, 0) is 0 Å². The van der Waals surface area contributed by atoms with Crippen LogP contribution < -0.4 is 10.2 Å². The fourth-order valence-electron chi connectivity index (χ4n) is 1.60. The molecule has 2 rings (SSSR count). The van der Waals surface area contributed by atoms with Gasteiger partial charge >= 0.3 is 0 Å². The van der Waals surface area contributed by atoms with Gasteiger partial charge in [0.15, 0.2) is 0 Å². The molecule has 1 aromatic carbocycles. The maximum atomic E-state index is 11.7. The van der Waals surface area contributed by atoms with E-state index in [2.05, 4.69) is 15.5 Å². The van der Waals surface area contributed by atoms with E-state index in [1.165, 1.54) is 12.4 Å². The largest absolute Gasteiger partial charge is 0.492 e. The number of rotatable bonds is 5. The molecule has 1 amide bonds. The van der Waals surface area contributed by atoms with E-state index in [4.69, 9.17) is 16.3 Å². The molecule has 0 saturated carbocycles. The Balaban J connectivity index is 1.98. The first kappa shape index (κ1) is 15.0. The summed E-state index contributed by atoms with van der Waals surface area (Å²) < 4.78 is 5.34. The number of benzene rings is 1. The van der Waals surface area contributed by atoms with Gasteiger partial charge in [-0.1, -0.05) is 11.6 Å². The van der Waals surface area contributed by atoms with Gasteiger partial charge in [0, 0.05) is 12.4 Å². The van der Waals surface area contributed by atoms with E-state index in [0.29, 0.717) is 22.9 Å². The predicted octanol–water partition coefficient (Wildman–Crippen LogP) is 2.90. The molecular formula is C15H14ClN3O2. The van der Waals surface area contributed by atoms with Crippen molar-refractivity contribution in [2.75, 3.05) is 6.61 Å². The first-order chi connectivity index (χ1) is 10.2. The Morgan fingerprint density at radius 3 is 3.00 bits per heavy atom. The van der Waals surface area contributed by atoms with Crippen LogP contribution in [0.5, 0.6) is 5.75 Å². The van der Waals surface area contributed by atoms with Gasteiger partial charge in [0.05, 0.1) is 23.4 Å². The van der Waals surface area contributed by atoms with Gasteiger partial charge < -0.3 is 4.74 Å². The van der Waals surface area contributed by atoms with Crippen molar-refractivity contribution in [1.82, 2.24) is 10.4 Å². The minimum Gasteiger partial charge on any atom is -0.492 e. The average Bonchev–Trinajstić information content (AvgIpc) is 2.51. The third-order valence-electron chi connectivity index (χ3n) is 2.56. The Kier molecular flexibility index (Phi) is 5.29. The number of carbonyl (C=O) groups is 1. The van der Waals surface area contributed by atoms with Crippen molar-refractivity contribution in [3.05, 3.63) is 58.9 Å². The first-order valence-electron chi connectivity index (χ1n) is 6.36. The summed E-state index contributed by atoms with van der Waals surface area (Å²) >= 11 is 6.06. The van der Waals surface area contributed by atoms with Gasteiger partial charge in [0.25, 0.3) is 5.91 Å². The van der Waals surface area contributed by atoms with Crippen LogP contribution in [0.25, 0.3) is 0 Å². The lowest BCUT2D eigenvalue weighted by molar-refractivity contribution is 0.0955. The molecule has 0 aliphatic heterocycles. The highest BCUT2D eigenvalue weighted by Gasteiger charge is 2.03. The van der Waals surface area contributed by atoms with Gasteiger partial charge in [-0.15, -0.1) is 0 Å². The standard InChI is InChI=1S/C15H14ClN3O2/c1-2-21-14-6-5-11(8-13(14)16)9-18-19-15(20)12-4-3-7-17-10-12/h3-10H,2H2,1H3,(H,19,20)/b18-9-. The van der Waals surface area contributed by atoms with Gasteiger partial charge in [-0.3, -0.25) is 9.78 Å². The number of hydrazone groups is 1. The second kappa shape index (κ2) is 7.40. The fourth-order valence-corrected chi connectivity index (χ4v) is 1.84. The van der Waals surface area contributed by atoms with E-state index < -0.39 is 0 Å². The summed E-state index contributed by atoms with van der Waals surface area (Å²) in [6.45, 7) is 2.44. The monoisotopic (exact) mass is 303 g/mol. The van der Waals surface area contributed by atoms with Crippen molar-refractivity contribution in [2.24, 2.45) is 5.10 Å². The molecular weight excluding hydrogens is 290 g/mol. The van der Waals surface area contributed by atoms with Crippen LogP contribution in [0.1, 0.15) is 22.8 Å². The molecule has 21 heavy (non-hydrogen) atoms. The zero-order valence-electron chi connectivity index (χ0n) is 11.4. The number of halogens is 1. The van der Waals surface area contributed by atoms with Crippen LogP contribution in [0.15, 0.2) is 47.8 Å². The van der Waals surface area contributed by atoms with Crippen molar-refractivity contribution in [1.29, 1.82) is 0 Å². The Morgan fingerprint density at radius 2 is 2.33 bits per heavy atom. The number of carbonyl (C=O) groups excluding carboxylic acids is 1.